The van der Waals surface area contributed by atoms with Crippen LogP contribution < -0.4 is 0 Å². The van der Waals surface area contributed by atoms with Crippen LogP contribution in [0, 0.1) is 0 Å². The van der Waals surface area contributed by atoms with E-state index in [0.29, 0.717) is 26.1 Å². The Labute approximate surface area is 165 Å². The molecular formula is C24H23NO3. The number of hydrogen-bond acceptors (Lipinski definition) is 3. The molecule has 1 aromatic heterocycles. The minimum Gasteiger partial charge on any atom is -0.469 e. The number of nitrogens with zero attached hydrogens (tertiary/aromatic N) is 1. The van der Waals surface area contributed by atoms with Crippen LogP contribution in [-0.2, 0) is 11.2 Å². The number of fused-ring (bicyclic) bond motifs is 3. The first-order valence-corrected chi connectivity index (χ1v) is 9.51. The maximum atomic E-state index is 12.7. The zero-order valence-corrected chi connectivity index (χ0v) is 15.7. The van der Waals surface area contributed by atoms with Crippen molar-refractivity contribution in [1.82, 2.24) is 4.90 Å². The highest BCUT2D eigenvalue weighted by Crippen LogP contribution is 2.44. The zero-order valence-electron chi connectivity index (χ0n) is 15.7. The SMILES string of the molecule is C=CCN(CCc1ccco1)C(=O)OCC1c2ccccc2-c2ccccc21. The third-order valence-corrected chi connectivity index (χ3v) is 5.15. The van der Waals surface area contributed by atoms with Gasteiger partial charge in [-0.1, -0.05) is 54.6 Å². The minimum atomic E-state index is -0.326. The van der Waals surface area contributed by atoms with Gasteiger partial charge in [0.05, 0.1) is 6.26 Å². The highest BCUT2D eigenvalue weighted by Gasteiger charge is 2.29. The number of furan rings is 1. The molecule has 0 unspecified atom stereocenters. The highest BCUT2D eigenvalue weighted by atomic mass is 16.6. The fraction of sp³-hybridized carbons (Fsp3) is 0.208. The molecule has 1 heterocycles. The molecule has 4 heteroatoms. The van der Waals surface area contributed by atoms with E-state index in [9.17, 15) is 4.79 Å². The molecule has 1 aliphatic rings. The molecule has 0 fully saturated rings. The summed E-state index contributed by atoms with van der Waals surface area (Å²) in [6.45, 7) is 5.04. The number of benzene rings is 2. The Morgan fingerprint density at radius 3 is 2.32 bits per heavy atom. The molecular weight excluding hydrogens is 350 g/mol. The molecule has 0 saturated carbocycles. The Balaban J connectivity index is 1.45. The van der Waals surface area contributed by atoms with Crippen LogP contribution >= 0.6 is 0 Å². The van der Waals surface area contributed by atoms with Crippen molar-refractivity contribution in [2.24, 2.45) is 0 Å². The smallest absolute Gasteiger partial charge is 0.410 e. The van der Waals surface area contributed by atoms with Crippen molar-refractivity contribution in [3.05, 3.63) is 96.5 Å². The van der Waals surface area contributed by atoms with Crippen LogP contribution in [-0.4, -0.2) is 30.7 Å². The lowest BCUT2D eigenvalue weighted by Gasteiger charge is -2.22. The van der Waals surface area contributed by atoms with E-state index in [4.69, 9.17) is 9.15 Å². The quantitative estimate of drug-likeness (QED) is 0.531. The molecule has 0 saturated heterocycles. The predicted molar refractivity (Wildman–Crippen MR) is 109 cm³/mol. The maximum Gasteiger partial charge on any atom is 0.410 e. The van der Waals surface area contributed by atoms with E-state index < -0.39 is 0 Å². The molecule has 28 heavy (non-hydrogen) atoms. The molecule has 3 aromatic rings. The summed E-state index contributed by atoms with van der Waals surface area (Å²) in [6, 6.07) is 20.4. The van der Waals surface area contributed by atoms with E-state index in [2.05, 4.69) is 30.8 Å². The topological polar surface area (TPSA) is 42.7 Å². The van der Waals surface area contributed by atoms with Crippen molar-refractivity contribution >= 4 is 6.09 Å². The van der Waals surface area contributed by atoms with Gasteiger partial charge >= 0.3 is 6.09 Å². The first-order chi connectivity index (χ1) is 13.8. The zero-order chi connectivity index (χ0) is 19.3. The molecule has 0 radical (unpaired) electrons. The van der Waals surface area contributed by atoms with Crippen LogP contribution in [0.3, 0.4) is 0 Å². The Morgan fingerprint density at radius 1 is 1.04 bits per heavy atom. The molecule has 142 valence electrons. The first kappa shape index (κ1) is 18.1. The van der Waals surface area contributed by atoms with Crippen LogP contribution in [0.2, 0.25) is 0 Å². The average Bonchev–Trinajstić information content (AvgIpc) is 3.36. The Bertz CT molecular complexity index is 916. The van der Waals surface area contributed by atoms with Crippen LogP contribution in [0.15, 0.2) is 84.0 Å². The summed E-state index contributed by atoms with van der Waals surface area (Å²) in [6.07, 6.45) is 3.67. The summed E-state index contributed by atoms with van der Waals surface area (Å²) in [5.74, 6) is 0.910. The van der Waals surface area contributed by atoms with E-state index in [1.165, 1.54) is 22.3 Å². The Hall–Kier alpha value is -3.27. The van der Waals surface area contributed by atoms with E-state index in [0.717, 1.165) is 5.76 Å². The van der Waals surface area contributed by atoms with Gasteiger partial charge in [0.2, 0.25) is 0 Å². The van der Waals surface area contributed by atoms with Crippen LogP contribution in [0.5, 0.6) is 0 Å². The maximum absolute atomic E-state index is 12.7. The predicted octanol–water partition coefficient (Wildman–Crippen LogP) is 5.26. The number of amides is 1. The summed E-state index contributed by atoms with van der Waals surface area (Å²) in [4.78, 5) is 14.4. The van der Waals surface area contributed by atoms with Crippen molar-refractivity contribution in [2.45, 2.75) is 12.3 Å². The van der Waals surface area contributed by atoms with Gasteiger partial charge in [0.1, 0.15) is 12.4 Å². The minimum absolute atomic E-state index is 0.0620. The summed E-state index contributed by atoms with van der Waals surface area (Å²) in [7, 11) is 0. The normalized spacial score (nSPS) is 12.3. The van der Waals surface area contributed by atoms with Crippen molar-refractivity contribution < 1.29 is 13.9 Å². The van der Waals surface area contributed by atoms with Gasteiger partial charge < -0.3 is 14.1 Å². The van der Waals surface area contributed by atoms with Gasteiger partial charge in [-0.25, -0.2) is 4.79 Å². The van der Waals surface area contributed by atoms with Crippen LogP contribution in [0.4, 0.5) is 4.79 Å². The van der Waals surface area contributed by atoms with Gasteiger partial charge in [0, 0.05) is 25.4 Å². The lowest BCUT2D eigenvalue weighted by molar-refractivity contribution is 0.104. The van der Waals surface area contributed by atoms with Crippen molar-refractivity contribution in [1.29, 1.82) is 0 Å². The summed E-state index contributed by atoms with van der Waals surface area (Å²) in [5, 5.41) is 0. The number of rotatable bonds is 7. The average molecular weight is 373 g/mol. The van der Waals surface area contributed by atoms with E-state index >= 15 is 0 Å². The van der Waals surface area contributed by atoms with Gasteiger partial charge in [-0.15, -0.1) is 6.58 Å². The van der Waals surface area contributed by atoms with Gasteiger partial charge in [0.25, 0.3) is 0 Å². The molecule has 1 amide bonds. The number of ether oxygens (including phenoxy) is 1. The number of carbonyl (C=O) groups excluding carboxylic acids is 1. The lowest BCUT2D eigenvalue weighted by Crippen LogP contribution is -2.34. The first-order valence-electron chi connectivity index (χ1n) is 9.51. The molecule has 0 spiro atoms. The second kappa shape index (κ2) is 8.17. The number of hydrogen-bond donors (Lipinski definition) is 0. The third kappa shape index (κ3) is 3.58. The molecule has 1 aliphatic carbocycles. The summed E-state index contributed by atoms with van der Waals surface area (Å²) >= 11 is 0. The number of carbonyl (C=O) groups is 1. The van der Waals surface area contributed by atoms with Crippen molar-refractivity contribution in [3.63, 3.8) is 0 Å². The van der Waals surface area contributed by atoms with Crippen molar-refractivity contribution in [3.8, 4) is 11.1 Å². The van der Waals surface area contributed by atoms with E-state index in [1.54, 1.807) is 17.2 Å². The lowest BCUT2D eigenvalue weighted by atomic mass is 9.98. The fourth-order valence-electron chi connectivity index (χ4n) is 3.80. The Kier molecular flexibility index (Phi) is 5.29. The van der Waals surface area contributed by atoms with E-state index in [1.807, 2.05) is 36.4 Å². The standard InChI is InChI=1S/C24H23NO3/c1-2-14-25(15-13-18-8-7-16-27-18)24(26)28-17-23-21-11-5-3-9-19(21)20-10-4-6-12-22(20)23/h2-12,16,23H,1,13-15,17H2. The Morgan fingerprint density at radius 2 is 1.71 bits per heavy atom. The summed E-state index contributed by atoms with van der Waals surface area (Å²) in [5.41, 5.74) is 4.87. The summed E-state index contributed by atoms with van der Waals surface area (Å²) < 4.78 is 11.1. The van der Waals surface area contributed by atoms with Crippen molar-refractivity contribution in [2.75, 3.05) is 19.7 Å². The highest BCUT2D eigenvalue weighted by molar-refractivity contribution is 5.79. The molecule has 2 aromatic carbocycles. The van der Waals surface area contributed by atoms with Crippen LogP contribution in [0.1, 0.15) is 22.8 Å². The second-order valence-electron chi connectivity index (χ2n) is 6.87. The monoisotopic (exact) mass is 373 g/mol. The molecule has 0 bridgehead atoms. The molecule has 4 rings (SSSR count). The van der Waals surface area contributed by atoms with E-state index in [-0.39, 0.29) is 12.0 Å². The second-order valence-corrected chi connectivity index (χ2v) is 6.87. The van der Waals surface area contributed by atoms with Gasteiger partial charge in [-0.3, -0.25) is 0 Å². The van der Waals surface area contributed by atoms with Gasteiger partial charge in [-0.2, -0.15) is 0 Å². The largest absolute Gasteiger partial charge is 0.469 e. The van der Waals surface area contributed by atoms with Gasteiger partial charge in [-0.05, 0) is 34.4 Å². The molecule has 0 atom stereocenters. The van der Waals surface area contributed by atoms with Crippen LogP contribution in [0.25, 0.3) is 11.1 Å². The molecule has 4 nitrogen and oxygen atoms in total. The third-order valence-electron chi connectivity index (χ3n) is 5.15. The van der Waals surface area contributed by atoms with Gasteiger partial charge in [0.15, 0.2) is 0 Å². The fourth-order valence-corrected chi connectivity index (χ4v) is 3.80. The molecule has 0 N–H and O–H groups in total. The molecule has 0 aliphatic heterocycles.